The number of carbonyl (C=O) groups is 1. The number of nitro groups is 1. The molecule has 0 atom stereocenters. The molecule has 0 aromatic heterocycles. The van der Waals surface area contributed by atoms with Crippen LogP contribution in [0.4, 0.5) is 11.4 Å². The van der Waals surface area contributed by atoms with Gasteiger partial charge in [0.15, 0.2) is 0 Å². The van der Waals surface area contributed by atoms with Crippen LogP contribution in [0.2, 0.25) is 0 Å². The highest BCUT2D eigenvalue weighted by Gasteiger charge is 2.30. The molecule has 100 valence electrons. The third kappa shape index (κ3) is 2.73. The summed E-state index contributed by atoms with van der Waals surface area (Å²) < 4.78 is 0. The fourth-order valence-corrected chi connectivity index (χ4v) is 2.02. The lowest BCUT2D eigenvalue weighted by Gasteiger charge is -2.22. The van der Waals surface area contributed by atoms with Crippen LogP contribution in [0.3, 0.4) is 0 Å². The van der Waals surface area contributed by atoms with Gasteiger partial charge in [-0.3, -0.25) is 10.1 Å². The minimum Gasteiger partial charge on any atom is -0.477 e. The fraction of sp³-hybridized carbons (Fsp3) is 0.308. The van der Waals surface area contributed by atoms with Crippen LogP contribution in [0, 0.1) is 10.1 Å². The number of nitro benzene ring substituents is 1. The molecule has 19 heavy (non-hydrogen) atoms. The molecule has 1 aliphatic rings. The van der Waals surface area contributed by atoms with Gasteiger partial charge in [-0.2, -0.15) is 0 Å². The predicted octanol–water partition coefficient (Wildman–Crippen LogP) is 2.45. The molecule has 1 N–H and O–H groups in total. The highest BCUT2D eigenvalue weighted by atomic mass is 16.6. The summed E-state index contributed by atoms with van der Waals surface area (Å²) in [6, 6.07) is 4.59. The molecule has 0 saturated heterocycles. The van der Waals surface area contributed by atoms with Crippen LogP contribution in [-0.2, 0) is 0 Å². The Kier molecular flexibility index (Phi) is 3.50. The highest BCUT2D eigenvalue weighted by Crippen LogP contribution is 2.34. The summed E-state index contributed by atoms with van der Waals surface area (Å²) in [7, 11) is 0. The second kappa shape index (κ2) is 5.09. The van der Waals surface area contributed by atoms with Gasteiger partial charge in [0.2, 0.25) is 0 Å². The average molecular weight is 262 g/mol. The zero-order chi connectivity index (χ0) is 14.0. The van der Waals surface area contributed by atoms with Gasteiger partial charge in [0.05, 0.1) is 4.92 Å². The van der Waals surface area contributed by atoms with E-state index in [9.17, 15) is 14.9 Å². The van der Waals surface area contributed by atoms with E-state index in [-0.39, 0.29) is 11.3 Å². The van der Waals surface area contributed by atoms with Gasteiger partial charge in [-0.1, -0.05) is 6.08 Å². The molecular formula is C13H14N2O4. The molecule has 0 aliphatic heterocycles. The smallest absolute Gasteiger partial charge is 0.342 e. The maximum absolute atomic E-state index is 10.9. The Morgan fingerprint density at radius 2 is 2.26 bits per heavy atom. The summed E-state index contributed by atoms with van der Waals surface area (Å²) in [6.45, 7) is 4.26. The first-order valence-electron chi connectivity index (χ1n) is 5.94. The SMILES string of the molecule is C=CCN(c1ccc(C(=O)O)c([N+](=O)[O-])c1)C1CC1. The summed E-state index contributed by atoms with van der Waals surface area (Å²) in [6.07, 6.45) is 3.82. The van der Waals surface area contributed by atoms with Gasteiger partial charge in [0, 0.05) is 24.3 Å². The number of hydrogen-bond donors (Lipinski definition) is 1. The number of anilines is 1. The normalized spacial score (nSPS) is 13.9. The Hall–Kier alpha value is -2.37. The van der Waals surface area contributed by atoms with Gasteiger partial charge >= 0.3 is 5.97 Å². The van der Waals surface area contributed by atoms with Gasteiger partial charge in [-0.15, -0.1) is 6.58 Å². The molecule has 0 unspecified atom stereocenters. The molecule has 1 aromatic rings. The Labute approximate surface area is 110 Å². The maximum atomic E-state index is 10.9. The number of aromatic carboxylic acids is 1. The lowest BCUT2D eigenvalue weighted by atomic mass is 10.1. The molecule has 1 saturated carbocycles. The first kappa shape index (κ1) is 13.1. The van der Waals surface area contributed by atoms with Crippen molar-refractivity contribution in [2.45, 2.75) is 18.9 Å². The first-order valence-corrected chi connectivity index (χ1v) is 5.94. The molecule has 1 fully saturated rings. The van der Waals surface area contributed by atoms with Crippen LogP contribution >= 0.6 is 0 Å². The number of nitrogens with zero attached hydrogens (tertiary/aromatic N) is 2. The third-order valence-corrected chi connectivity index (χ3v) is 3.05. The Balaban J connectivity index is 2.41. The Morgan fingerprint density at radius 1 is 1.58 bits per heavy atom. The van der Waals surface area contributed by atoms with Crippen molar-refractivity contribution < 1.29 is 14.8 Å². The van der Waals surface area contributed by atoms with Crippen molar-refractivity contribution in [1.82, 2.24) is 0 Å². The number of carboxylic acid groups (broad SMARTS) is 1. The van der Waals surface area contributed by atoms with Gasteiger partial charge in [0.25, 0.3) is 5.69 Å². The van der Waals surface area contributed by atoms with Crippen LogP contribution in [0.15, 0.2) is 30.9 Å². The fourth-order valence-electron chi connectivity index (χ4n) is 2.02. The number of benzene rings is 1. The molecule has 0 radical (unpaired) electrons. The van der Waals surface area contributed by atoms with Crippen LogP contribution < -0.4 is 4.90 Å². The standard InChI is InChI=1S/C13H14N2O4/c1-2-7-14(9-3-4-9)10-5-6-11(13(16)17)12(8-10)15(18)19/h2,5-6,8-9H,1,3-4,7H2,(H,16,17). The van der Waals surface area contributed by atoms with Crippen molar-refractivity contribution in [1.29, 1.82) is 0 Å². The molecule has 6 heteroatoms. The van der Waals surface area contributed by atoms with E-state index in [1.807, 2.05) is 4.90 Å². The quantitative estimate of drug-likeness (QED) is 0.483. The van der Waals surface area contributed by atoms with E-state index in [1.165, 1.54) is 12.1 Å². The average Bonchev–Trinajstić information content (AvgIpc) is 3.19. The molecule has 2 rings (SSSR count). The number of hydrogen-bond acceptors (Lipinski definition) is 4. The minimum absolute atomic E-state index is 0.289. The highest BCUT2D eigenvalue weighted by molar-refractivity contribution is 5.93. The zero-order valence-corrected chi connectivity index (χ0v) is 10.3. The van der Waals surface area contributed by atoms with E-state index in [2.05, 4.69) is 6.58 Å². The van der Waals surface area contributed by atoms with E-state index in [0.29, 0.717) is 18.3 Å². The third-order valence-electron chi connectivity index (χ3n) is 3.05. The lowest BCUT2D eigenvalue weighted by Crippen LogP contribution is -2.25. The number of rotatable bonds is 6. The van der Waals surface area contributed by atoms with E-state index >= 15 is 0 Å². The van der Waals surface area contributed by atoms with Gasteiger partial charge in [-0.25, -0.2) is 4.79 Å². The van der Waals surface area contributed by atoms with Gasteiger partial charge in [0.1, 0.15) is 5.56 Å². The van der Waals surface area contributed by atoms with Crippen LogP contribution in [0.5, 0.6) is 0 Å². The topological polar surface area (TPSA) is 83.7 Å². The van der Waals surface area contributed by atoms with Gasteiger partial charge in [-0.05, 0) is 25.0 Å². The molecule has 1 aromatic carbocycles. The largest absolute Gasteiger partial charge is 0.477 e. The molecule has 0 spiro atoms. The van der Waals surface area contributed by atoms with Crippen LogP contribution in [-0.4, -0.2) is 28.6 Å². The van der Waals surface area contributed by atoms with E-state index in [1.54, 1.807) is 12.1 Å². The minimum atomic E-state index is -1.29. The Bertz CT molecular complexity index is 537. The molecule has 0 heterocycles. The first-order chi connectivity index (χ1) is 9.04. The van der Waals surface area contributed by atoms with Gasteiger partial charge < -0.3 is 10.0 Å². The van der Waals surface area contributed by atoms with Crippen molar-refractivity contribution in [3.8, 4) is 0 Å². The summed E-state index contributed by atoms with van der Waals surface area (Å²) in [5.74, 6) is -1.29. The molecular weight excluding hydrogens is 248 g/mol. The predicted molar refractivity (Wildman–Crippen MR) is 70.6 cm³/mol. The van der Waals surface area contributed by atoms with Crippen molar-refractivity contribution in [3.63, 3.8) is 0 Å². The van der Waals surface area contributed by atoms with Crippen molar-refractivity contribution in [2.75, 3.05) is 11.4 Å². The monoisotopic (exact) mass is 262 g/mol. The Morgan fingerprint density at radius 3 is 2.74 bits per heavy atom. The summed E-state index contributed by atoms with van der Waals surface area (Å²) in [4.78, 5) is 23.2. The van der Waals surface area contributed by atoms with Crippen molar-refractivity contribution in [3.05, 3.63) is 46.5 Å². The van der Waals surface area contributed by atoms with Crippen molar-refractivity contribution in [2.24, 2.45) is 0 Å². The summed E-state index contributed by atoms with van der Waals surface area (Å²) >= 11 is 0. The zero-order valence-electron chi connectivity index (χ0n) is 10.3. The van der Waals surface area contributed by atoms with E-state index in [4.69, 9.17) is 5.11 Å². The molecule has 1 aliphatic carbocycles. The van der Waals surface area contributed by atoms with Crippen molar-refractivity contribution >= 4 is 17.3 Å². The van der Waals surface area contributed by atoms with Crippen LogP contribution in [0.25, 0.3) is 0 Å². The number of carboxylic acids is 1. The second-order valence-corrected chi connectivity index (χ2v) is 4.44. The maximum Gasteiger partial charge on any atom is 0.342 e. The molecule has 6 nitrogen and oxygen atoms in total. The van der Waals surface area contributed by atoms with E-state index < -0.39 is 10.9 Å². The molecule has 0 amide bonds. The summed E-state index contributed by atoms with van der Waals surface area (Å²) in [5, 5.41) is 19.9. The van der Waals surface area contributed by atoms with E-state index in [0.717, 1.165) is 12.8 Å². The van der Waals surface area contributed by atoms with Crippen LogP contribution in [0.1, 0.15) is 23.2 Å². The second-order valence-electron chi connectivity index (χ2n) is 4.44. The summed E-state index contributed by atoms with van der Waals surface area (Å²) in [5.41, 5.74) is 0.00177. The molecule has 0 bridgehead atoms. The lowest BCUT2D eigenvalue weighted by molar-refractivity contribution is -0.385.